The van der Waals surface area contributed by atoms with E-state index in [1.165, 1.54) is 6.21 Å². The van der Waals surface area contributed by atoms with Crippen LogP contribution in [-0.4, -0.2) is 31.5 Å². The lowest BCUT2D eigenvalue weighted by atomic mass is 10.0. The smallest absolute Gasteiger partial charge is 0.129 e. The Balaban J connectivity index is 2.27. The number of hydrogen-bond acceptors (Lipinski definition) is 4. The Morgan fingerprint density at radius 3 is 3.00 bits per heavy atom. The van der Waals surface area contributed by atoms with E-state index in [0.717, 1.165) is 21.9 Å². The van der Waals surface area contributed by atoms with Gasteiger partial charge in [0.1, 0.15) is 5.15 Å². The van der Waals surface area contributed by atoms with Crippen LogP contribution in [-0.2, 0) is 4.74 Å². The number of ether oxygens (including phenoxy) is 1. The molecule has 0 bridgehead atoms. The summed E-state index contributed by atoms with van der Waals surface area (Å²) in [5, 5.41) is 13.1. The summed E-state index contributed by atoms with van der Waals surface area (Å²) in [6, 6.07) is 7.76. The molecule has 0 aliphatic carbocycles. The lowest BCUT2D eigenvalue weighted by Crippen LogP contribution is -2.13. The zero-order valence-electron chi connectivity index (χ0n) is 11.2. The number of hydrogen-bond donors (Lipinski definition) is 2. The second kappa shape index (κ2) is 7.03. The molecule has 1 heterocycles. The number of halogens is 1. The maximum Gasteiger partial charge on any atom is 0.129 e. The number of nitrogens with zero attached hydrogens (tertiary/aromatic N) is 1. The van der Waals surface area contributed by atoms with Gasteiger partial charge in [-0.05, 0) is 23.1 Å². The summed E-state index contributed by atoms with van der Waals surface area (Å²) in [5.74, 6) is 0. The second-order valence-electron chi connectivity index (χ2n) is 4.26. The normalized spacial score (nSPS) is 11.6. The van der Waals surface area contributed by atoms with Crippen LogP contribution in [0.2, 0.25) is 5.15 Å². The molecule has 0 radical (unpaired) electrons. The van der Waals surface area contributed by atoms with Crippen molar-refractivity contribution in [3.05, 3.63) is 47.4 Å². The maximum atomic E-state index is 7.53. The predicted molar refractivity (Wildman–Crippen MR) is 83.4 cm³/mol. The number of fused-ring (bicyclic) bond motifs is 1. The molecule has 0 unspecified atom stereocenters. The second-order valence-corrected chi connectivity index (χ2v) is 4.65. The Kier molecular flexibility index (Phi) is 5.09. The number of benzene rings is 1. The van der Waals surface area contributed by atoms with Crippen molar-refractivity contribution in [1.82, 2.24) is 10.3 Å². The van der Waals surface area contributed by atoms with Gasteiger partial charge in [0, 0.05) is 43.2 Å². The Morgan fingerprint density at radius 1 is 1.40 bits per heavy atom. The van der Waals surface area contributed by atoms with Gasteiger partial charge in [0.05, 0.1) is 6.61 Å². The number of nitrogens with one attached hydrogen (secondary N) is 2. The SMILES string of the molecule is COCCN/C=C(\C=N)c1ccc2cnc(Cl)cc2c1. The molecular weight excluding hydrogens is 274 g/mol. The quantitative estimate of drug-likeness (QED) is 0.488. The Labute approximate surface area is 122 Å². The number of rotatable bonds is 6. The highest BCUT2D eigenvalue weighted by Crippen LogP contribution is 2.21. The van der Waals surface area contributed by atoms with Gasteiger partial charge in [0.15, 0.2) is 0 Å². The molecule has 0 saturated carbocycles. The summed E-state index contributed by atoms with van der Waals surface area (Å²) in [6.45, 7) is 1.33. The third kappa shape index (κ3) is 3.56. The van der Waals surface area contributed by atoms with Crippen LogP contribution in [0.15, 0.2) is 36.7 Å². The number of methoxy groups -OCH3 is 1. The molecule has 5 heteroatoms. The van der Waals surface area contributed by atoms with Crippen LogP contribution in [0.1, 0.15) is 5.56 Å². The first-order valence-electron chi connectivity index (χ1n) is 6.23. The zero-order chi connectivity index (χ0) is 14.4. The predicted octanol–water partition coefficient (Wildman–Crippen LogP) is 3.11. The number of aromatic nitrogens is 1. The van der Waals surface area contributed by atoms with E-state index < -0.39 is 0 Å². The summed E-state index contributed by atoms with van der Waals surface area (Å²) in [4.78, 5) is 4.05. The van der Waals surface area contributed by atoms with E-state index in [0.29, 0.717) is 18.3 Å². The molecule has 2 rings (SSSR count). The van der Waals surface area contributed by atoms with E-state index in [1.807, 2.05) is 30.5 Å². The van der Waals surface area contributed by atoms with Crippen LogP contribution in [0.3, 0.4) is 0 Å². The fourth-order valence-electron chi connectivity index (χ4n) is 1.85. The first-order valence-corrected chi connectivity index (χ1v) is 6.61. The molecule has 1 aromatic carbocycles. The molecule has 0 aliphatic rings. The third-order valence-corrected chi connectivity index (χ3v) is 3.09. The number of pyridine rings is 1. The highest BCUT2D eigenvalue weighted by molar-refractivity contribution is 6.30. The molecule has 2 aromatic rings. The molecule has 2 N–H and O–H groups in total. The van der Waals surface area contributed by atoms with Crippen LogP contribution in [0, 0.1) is 5.41 Å². The van der Waals surface area contributed by atoms with Crippen molar-refractivity contribution < 1.29 is 4.74 Å². The topological polar surface area (TPSA) is 58.0 Å². The minimum absolute atomic E-state index is 0.466. The van der Waals surface area contributed by atoms with Crippen molar-refractivity contribution in [3.8, 4) is 0 Å². The van der Waals surface area contributed by atoms with E-state index in [4.69, 9.17) is 21.7 Å². The summed E-state index contributed by atoms with van der Waals surface area (Å²) >= 11 is 5.91. The van der Waals surface area contributed by atoms with Crippen molar-refractivity contribution in [2.24, 2.45) is 0 Å². The molecule has 1 aromatic heterocycles. The summed E-state index contributed by atoms with van der Waals surface area (Å²) in [5.41, 5.74) is 1.76. The molecule has 4 nitrogen and oxygen atoms in total. The van der Waals surface area contributed by atoms with Gasteiger partial charge in [-0.15, -0.1) is 0 Å². The first-order chi connectivity index (χ1) is 9.74. The van der Waals surface area contributed by atoms with Crippen LogP contribution in [0.5, 0.6) is 0 Å². The Hall–Kier alpha value is -1.91. The van der Waals surface area contributed by atoms with E-state index in [-0.39, 0.29) is 0 Å². The fraction of sp³-hybridized carbons (Fsp3) is 0.200. The molecule has 0 atom stereocenters. The highest BCUT2D eigenvalue weighted by atomic mass is 35.5. The van der Waals surface area contributed by atoms with Crippen molar-refractivity contribution in [2.45, 2.75) is 0 Å². The van der Waals surface area contributed by atoms with Gasteiger partial charge in [-0.2, -0.15) is 0 Å². The molecule has 104 valence electrons. The minimum Gasteiger partial charge on any atom is -0.388 e. The average molecular weight is 290 g/mol. The van der Waals surface area contributed by atoms with Gasteiger partial charge >= 0.3 is 0 Å². The van der Waals surface area contributed by atoms with Crippen LogP contribution in [0.25, 0.3) is 16.3 Å². The number of allylic oxidation sites excluding steroid dienone is 1. The minimum atomic E-state index is 0.466. The van der Waals surface area contributed by atoms with Gasteiger partial charge in [-0.3, -0.25) is 0 Å². The lowest BCUT2D eigenvalue weighted by molar-refractivity contribution is 0.203. The van der Waals surface area contributed by atoms with Crippen LogP contribution in [0.4, 0.5) is 0 Å². The first kappa shape index (κ1) is 14.5. The largest absolute Gasteiger partial charge is 0.388 e. The lowest BCUT2D eigenvalue weighted by Gasteiger charge is -2.06. The fourth-order valence-corrected chi connectivity index (χ4v) is 2.01. The van der Waals surface area contributed by atoms with Gasteiger partial charge in [0.25, 0.3) is 0 Å². The monoisotopic (exact) mass is 289 g/mol. The highest BCUT2D eigenvalue weighted by Gasteiger charge is 2.02. The Bertz CT molecular complexity index is 640. The molecule has 0 aliphatic heterocycles. The molecule has 0 amide bonds. The summed E-state index contributed by atoms with van der Waals surface area (Å²) in [6.07, 6.45) is 4.88. The van der Waals surface area contributed by atoms with Crippen molar-refractivity contribution in [3.63, 3.8) is 0 Å². The van der Waals surface area contributed by atoms with Gasteiger partial charge in [-0.1, -0.05) is 23.7 Å². The van der Waals surface area contributed by atoms with Crippen LogP contribution < -0.4 is 5.32 Å². The van der Waals surface area contributed by atoms with Gasteiger partial charge in [0.2, 0.25) is 0 Å². The molecule has 20 heavy (non-hydrogen) atoms. The Morgan fingerprint density at radius 2 is 2.25 bits per heavy atom. The third-order valence-electron chi connectivity index (χ3n) is 2.89. The summed E-state index contributed by atoms with van der Waals surface area (Å²) < 4.78 is 4.96. The maximum absolute atomic E-state index is 7.53. The van der Waals surface area contributed by atoms with E-state index in [2.05, 4.69) is 10.3 Å². The summed E-state index contributed by atoms with van der Waals surface area (Å²) in [7, 11) is 1.66. The van der Waals surface area contributed by atoms with E-state index >= 15 is 0 Å². The molecule has 0 saturated heterocycles. The molecule has 0 spiro atoms. The van der Waals surface area contributed by atoms with Gasteiger partial charge in [-0.25, -0.2) is 4.98 Å². The standard InChI is InChI=1S/C15H16ClN3O/c1-20-5-4-18-9-14(8-17)11-2-3-12-10-19-15(16)7-13(12)6-11/h2-3,6-10,17-18H,4-5H2,1H3/b14-9+,17-8?. The van der Waals surface area contributed by atoms with E-state index in [1.54, 1.807) is 13.3 Å². The zero-order valence-corrected chi connectivity index (χ0v) is 11.9. The van der Waals surface area contributed by atoms with Crippen molar-refractivity contribution >= 4 is 34.2 Å². The average Bonchev–Trinajstić information content (AvgIpc) is 2.46. The van der Waals surface area contributed by atoms with Crippen molar-refractivity contribution in [1.29, 1.82) is 5.41 Å². The van der Waals surface area contributed by atoms with Gasteiger partial charge < -0.3 is 15.5 Å². The van der Waals surface area contributed by atoms with E-state index in [9.17, 15) is 0 Å². The molecule has 0 fully saturated rings. The van der Waals surface area contributed by atoms with Crippen LogP contribution >= 0.6 is 11.6 Å². The van der Waals surface area contributed by atoms with Crippen molar-refractivity contribution in [2.75, 3.05) is 20.3 Å². The molecular formula is C15H16ClN3O.